The van der Waals surface area contributed by atoms with E-state index in [9.17, 15) is 48.1 Å². The maximum absolute atomic E-state index is 13.4. The number of carbonyl (C=O) groups is 2. The number of nitrogens with zero attached hydrogens (tertiary/aromatic N) is 2. The fourth-order valence-corrected chi connectivity index (χ4v) is 9.54. The minimum absolute atomic E-state index is 0.0680. The predicted octanol–water partition coefficient (Wildman–Crippen LogP) is 2.61. The Morgan fingerprint density at radius 2 is 1.59 bits per heavy atom. The molecule has 3 aliphatic heterocycles. The van der Waals surface area contributed by atoms with Crippen molar-refractivity contribution in [2.45, 2.75) is 30.8 Å². The van der Waals surface area contributed by atoms with Gasteiger partial charge in [-0.1, -0.05) is 17.9 Å². The molecule has 4 aromatic rings. The van der Waals surface area contributed by atoms with Crippen LogP contribution in [0, 0.1) is 11.8 Å². The Kier molecular flexibility index (Phi) is 10.6. The summed E-state index contributed by atoms with van der Waals surface area (Å²) in [6.07, 6.45) is -0.442. The van der Waals surface area contributed by atoms with Crippen LogP contribution in [0.25, 0.3) is 0 Å². The Bertz CT molecular complexity index is 2600. The van der Waals surface area contributed by atoms with Crippen molar-refractivity contribution in [3.8, 4) is 34.8 Å². The Hall–Kier alpha value is -5.39. The fourth-order valence-electron chi connectivity index (χ4n) is 6.49. The second-order valence-electron chi connectivity index (χ2n) is 12.7. The molecule has 1 spiro atoms. The summed E-state index contributed by atoms with van der Waals surface area (Å²) < 4.78 is 65.0. The average molecular weight is 863 g/mol. The van der Waals surface area contributed by atoms with Gasteiger partial charge in [0, 0.05) is 40.6 Å². The number of ether oxygens (including phenoxy) is 3. The molecule has 7 rings (SSSR count). The molecule has 9 N–H and O–H groups in total. The number of carbonyl (C=O) groups excluding carboxylic acids is 2. The van der Waals surface area contributed by atoms with E-state index in [1.165, 1.54) is 42.6 Å². The fraction of sp³-hybridized carbons (Fsp3) is 0.212. The highest BCUT2D eigenvalue weighted by atomic mass is 31.3. The number of aromatic hydroxyl groups is 2. The normalized spacial score (nSPS) is 19.6. The summed E-state index contributed by atoms with van der Waals surface area (Å²) in [5.74, 6) is 3.99. The van der Waals surface area contributed by atoms with Gasteiger partial charge in [0.1, 0.15) is 35.0 Å². The van der Waals surface area contributed by atoms with Crippen molar-refractivity contribution in [2.24, 2.45) is 0 Å². The van der Waals surface area contributed by atoms with Crippen molar-refractivity contribution in [3.05, 3.63) is 105 Å². The summed E-state index contributed by atoms with van der Waals surface area (Å²) in [4.78, 5) is 79.3. The van der Waals surface area contributed by atoms with E-state index in [1.54, 1.807) is 18.2 Å². The van der Waals surface area contributed by atoms with E-state index in [4.69, 9.17) is 29.7 Å². The van der Waals surface area contributed by atoms with Crippen LogP contribution in [0.5, 0.6) is 23.0 Å². The van der Waals surface area contributed by atoms with Crippen LogP contribution in [0.15, 0.2) is 65.6 Å². The number of anilines is 1. The maximum atomic E-state index is 13.4. The lowest BCUT2D eigenvalue weighted by atomic mass is 9.77. The number of hydrogen-bond donors (Lipinski definition) is 8. The van der Waals surface area contributed by atoms with Crippen LogP contribution in [0.4, 0.5) is 5.82 Å². The highest BCUT2D eigenvalue weighted by Gasteiger charge is 2.54. The number of phenols is 2. The molecule has 4 atom stereocenters. The predicted molar refractivity (Wildman–Crippen MR) is 193 cm³/mol. The summed E-state index contributed by atoms with van der Waals surface area (Å²) in [6, 6.07) is 13.0. The third kappa shape index (κ3) is 8.29. The van der Waals surface area contributed by atoms with E-state index in [0.29, 0.717) is 16.7 Å². The van der Waals surface area contributed by atoms with Gasteiger partial charge in [0.25, 0.3) is 5.91 Å². The van der Waals surface area contributed by atoms with Gasteiger partial charge in [-0.05, 0) is 49.2 Å². The second-order valence-corrected chi connectivity index (χ2v) is 17.1. The lowest BCUT2D eigenvalue weighted by Crippen LogP contribution is -2.33. The van der Waals surface area contributed by atoms with Gasteiger partial charge in [-0.15, -0.1) is 0 Å². The number of rotatable bonds is 10. The highest BCUT2D eigenvalue weighted by Crippen LogP contribution is 2.66. The molecule has 304 valence electrons. The third-order valence-electron chi connectivity index (χ3n) is 8.81. The zero-order valence-electron chi connectivity index (χ0n) is 29.2. The number of aromatic nitrogens is 2. The van der Waals surface area contributed by atoms with Crippen molar-refractivity contribution >= 4 is 41.2 Å². The number of amides is 1. The van der Waals surface area contributed by atoms with Crippen LogP contribution in [-0.2, 0) is 41.9 Å². The van der Waals surface area contributed by atoms with Gasteiger partial charge in [0.15, 0.2) is 5.60 Å². The van der Waals surface area contributed by atoms with Crippen LogP contribution >= 0.6 is 23.5 Å². The Morgan fingerprint density at radius 1 is 0.931 bits per heavy atom. The number of esters is 1. The van der Waals surface area contributed by atoms with E-state index in [1.807, 2.05) is 0 Å². The largest absolute Gasteiger partial charge is 0.508 e. The molecule has 0 bridgehead atoms. The Labute approximate surface area is 325 Å². The average Bonchev–Trinajstić information content (AvgIpc) is 3.70. The molecule has 1 aromatic heterocycles. The second kappa shape index (κ2) is 15.1. The van der Waals surface area contributed by atoms with E-state index >= 15 is 0 Å². The minimum Gasteiger partial charge on any atom is -0.508 e. The quantitative estimate of drug-likeness (QED) is 0.0645. The number of fused-ring (bicyclic) bond motifs is 6. The van der Waals surface area contributed by atoms with E-state index in [-0.39, 0.29) is 64.9 Å². The number of phosphoric ester groups is 1. The van der Waals surface area contributed by atoms with Gasteiger partial charge in [-0.3, -0.25) is 13.9 Å². The monoisotopic (exact) mass is 862 g/mol. The van der Waals surface area contributed by atoms with Crippen molar-refractivity contribution in [3.63, 3.8) is 0 Å². The molecule has 0 aliphatic carbocycles. The van der Waals surface area contributed by atoms with Crippen LogP contribution in [0.2, 0.25) is 0 Å². The number of phenolic OH excluding ortho intramolecular Hbond substituents is 2. The SMILES string of the molecule is Nc1nc(=O)n([C@H]2CC[C@@H](COP(=O)(O)OP(=O)(O)OP(=O)(O)O)O2)cc1C#CCNC(=O)c1ccc2c(c1)C(=O)OC21c2ccc(O)cc2Oc2cc(O)ccc21. The number of hydrogen-bond acceptors (Lipinski definition) is 16. The minimum atomic E-state index is -5.71. The van der Waals surface area contributed by atoms with Crippen molar-refractivity contribution in [2.75, 3.05) is 18.9 Å². The van der Waals surface area contributed by atoms with Crippen LogP contribution in [0.3, 0.4) is 0 Å². The molecule has 25 heteroatoms. The van der Waals surface area contributed by atoms with Gasteiger partial charge in [0.2, 0.25) is 0 Å². The number of nitrogens with two attached hydrogens (primary N) is 1. The molecular weight excluding hydrogens is 833 g/mol. The van der Waals surface area contributed by atoms with Crippen LogP contribution in [0.1, 0.15) is 62.0 Å². The van der Waals surface area contributed by atoms with Gasteiger partial charge in [-0.25, -0.2) is 23.3 Å². The summed E-state index contributed by atoms with van der Waals surface area (Å²) >= 11 is 0. The zero-order valence-corrected chi connectivity index (χ0v) is 31.8. The van der Waals surface area contributed by atoms with Crippen molar-refractivity contribution < 1.29 is 80.4 Å². The first-order valence-electron chi connectivity index (χ1n) is 16.6. The van der Waals surface area contributed by atoms with Gasteiger partial charge in [0.05, 0.1) is 30.4 Å². The molecule has 58 heavy (non-hydrogen) atoms. The Balaban J connectivity index is 1.01. The molecular formula is C33H29N4O18P3. The number of nitrogens with one attached hydrogen (secondary N) is 1. The first-order valence-corrected chi connectivity index (χ1v) is 21.1. The molecule has 4 heterocycles. The van der Waals surface area contributed by atoms with Crippen LogP contribution in [-0.4, -0.2) is 70.5 Å². The summed E-state index contributed by atoms with van der Waals surface area (Å²) in [7, 11) is -16.7. The Morgan fingerprint density at radius 3 is 2.24 bits per heavy atom. The molecule has 0 radical (unpaired) electrons. The summed E-state index contributed by atoms with van der Waals surface area (Å²) in [6.45, 7) is -0.944. The number of nitrogen functional groups attached to an aromatic ring is 1. The molecule has 2 unspecified atom stereocenters. The summed E-state index contributed by atoms with van der Waals surface area (Å²) in [5.41, 5.74) is 5.02. The molecule has 3 aliphatic rings. The zero-order chi connectivity index (χ0) is 41.8. The number of benzene rings is 3. The highest BCUT2D eigenvalue weighted by molar-refractivity contribution is 7.66. The van der Waals surface area contributed by atoms with Crippen LogP contribution < -0.4 is 21.5 Å². The smallest absolute Gasteiger partial charge is 0.490 e. The standard InChI is InChI=1S/C33H29N4O18P3/c34-29-18(15-37(32(42)36-29)28-10-6-21(51-28)16-50-57(46,47)55-58(48,49)54-56(43,44)45)2-1-11-35-30(40)17-3-7-23-22(12-17)31(41)53-33(23)24-8-4-19(38)13-26(24)52-27-14-20(39)5-9-25(27)33/h3-5,7-9,12-15,21,28,38-39H,6,10-11,16H2,(H,35,40)(H,46,47)(H,48,49)(H2,34,36,42)(H2,43,44,45)/t21-,28+/m0/s1. The first-order chi connectivity index (χ1) is 27.2. The molecule has 22 nitrogen and oxygen atoms in total. The van der Waals surface area contributed by atoms with E-state index in [2.05, 4.69) is 35.3 Å². The van der Waals surface area contributed by atoms with Gasteiger partial charge < -0.3 is 55.0 Å². The molecule has 0 saturated carbocycles. The molecule has 1 fully saturated rings. The van der Waals surface area contributed by atoms with E-state index in [0.717, 1.165) is 4.57 Å². The van der Waals surface area contributed by atoms with Crippen molar-refractivity contribution in [1.82, 2.24) is 14.9 Å². The van der Waals surface area contributed by atoms with Gasteiger partial charge in [-0.2, -0.15) is 13.6 Å². The third-order valence-corrected chi connectivity index (χ3v) is 12.6. The maximum Gasteiger partial charge on any atom is 0.490 e. The first kappa shape index (κ1) is 40.8. The molecule has 1 saturated heterocycles. The molecule has 3 aromatic carbocycles. The summed E-state index contributed by atoms with van der Waals surface area (Å²) in [5, 5.41) is 22.9. The van der Waals surface area contributed by atoms with E-state index < -0.39 is 65.6 Å². The number of phosphoric acid groups is 3. The molecule has 1 amide bonds. The topological polar surface area (TPSA) is 335 Å². The van der Waals surface area contributed by atoms with Crippen molar-refractivity contribution in [1.29, 1.82) is 0 Å². The lowest BCUT2D eigenvalue weighted by Gasteiger charge is -2.36. The lowest BCUT2D eigenvalue weighted by molar-refractivity contribution is -0.0242. The van der Waals surface area contributed by atoms with Gasteiger partial charge >= 0.3 is 35.1 Å².